The number of carbonyl (C=O) groups is 2. The molecule has 1 N–H and O–H groups in total. The predicted octanol–water partition coefficient (Wildman–Crippen LogP) is 2.19. The Labute approximate surface area is 201 Å². The summed E-state index contributed by atoms with van der Waals surface area (Å²) >= 11 is 1.67. The van der Waals surface area contributed by atoms with Crippen LogP contribution in [0.25, 0.3) is 0 Å². The van der Waals surface area contributed by atoms with Gasteiger partial charge in [-0.15, -0.1) is 16.9 Å². The number of hydrogen-bond acceptors (Lipinski definition) is 7. The summed E-state index contributed by atoms with van der Waals surface area (Å²) < 4.78 is 6.64. The number of amides is 2. The molecule has 10 heteroatoms. The van der Waals surface area contributed by atoms with E-state index in [2.05, 4.69) is 34.7 Å². The average Bonchev–Trinajstić information content (AvgIpc) is 3.37. The van der Waals surface area contributed by atoms with Crippen LogP contribution in [0, 0.1) is 0 Å². The van der Waals surface area contributed by atoms with Crippen molar-refractivity contribution >= 4 is 23.6 Å². The largest absolute Gasteiger partial charge is 0.497 e. The van der Waals surface area contributed by atoms with E-state index < -0.39 is 6.04 Å². The summed E-state index contributed by atoms with van der Waals surface area (Å²) in [6.45, 7) is 4.65. The van der Waals surface area contributed by atoms with Crippen molar-refractivity contribution in [3.63, 3.8) is 0 Å². The maximum atomic E-state index is 13.2. The molecular weight excluding hydrogens is 452 g/mol. The van der Waals surface area contributed by atoms with Crippen LogP contribution in [-0.2, 0) is 22.6 Å². The average molecular weight is 479 g/mol. The van der Waals surface area contributed by atoms with Crippen molar-refractivity contribution in [3.8, 4) is 5.75 Å². The molecule has 2 fully saturated rings. The Morgan fingerprint density at radius 1 is 1.12 bits per heavy atom. The van der Waals surface area contributed by atoms with E-state index in [9.17, 15) is 9.59 Å². The molecule has 5 rings (SSSR count). The Morgan fingerprint density at radius 2 is 1.85 bits per heavy atom. The van der Waals surface area contributed by atoms with Gasteiger partial charge >= 0.3 is 0 Å². The molecule has 3 heterocycles. The van der Waals surface area contributed by atoms with E-state index in [0.717, 1.165) is 16.9 Å². The van der Waals surface area contributed by atoms with Crippen LogP contribution < -0.4 is 10.1 Å². The van der Waals surface area contributed by atoms with Crippen molar-refractivity contribution in [1.29, 1.82) is 0 Å². The third-order valence-electron chi connectivity index (χ3n) is 6.26. The number of fused-ring (bicyclic) bond motifs is 1. The number of carbonyl (C=O) groups excluding carboxylic acids is 2. The lowest BCUT2D eigenvalue weighted by Gasteiger charge is -2.44. The second-order valence-corrected chi connectivity index (χ2v) is 10.8. The number of nitrogens with one attached hydrogen (secondary N) is 1. The SMILES string of the molecule is COc1ccc(Cn2nnnc2C2N3C(=O)C(NC(=O)Cc4ccccc4)[C@H]3SC2(C)C)cc1. The third kappa shape index (κ3) is 4.02. The Morgan fingerprint density at radius 3 is 2.56 bits per heavy atom. The number of rotatable bonds is 7. The van der Waals surface area contributed by atoms with Gasteiger partial charge in [0.1, 0.15) is 23.2 Å². The predicted molar refractivity (Wildman–Crippen MR) is 127 cm³/mol. The van der Waals surface area contributed by atoms with Gasteiger partial charge in [0.2, 0.25) is 11.8 Å². The minimum absolute atomic E-state index is 0.103. The molecule has 2 saturated heterocycles. The molecule has 176 valence electrons. The molecule has 2 aliphatic rings. The van der Waals surface area contributed by atoms with Crippen LogP contribution in [0.1, 0.15) is 36.8 Å². The molecule has 2 aliphatic heterocycles. The van der Waals surface area contributed by atoms with E-state index in [0.29, 0.717) is 12.4 Å². The second-order valence-electron chi connectivity index (χ2n) is 9.01. The molecule has 0 bridgehead atoms. The standard InChI is InChI=1S/C24H26N6O3S/c1-24(2)20(21-26-27-28-29(21)14-16-9-11-17(33-3)12-10-16)30-22(32)19(23(30)34-24)25-18(31)13-15-7-5-4-6-8-15/h4-12,19-20,23H,13-14H2,1-3H3,(H,25,31)/t19?,20?,23-/m1/s1. The molecule has 1 aromatic heterocycles. The van der Waals surface area contributed by atoms with Crippen molar-refractivity contribution in [1.82, 2.24) is 30.4 Å². The summed E-state index contributed by atoms with van der Waals surface area (Å²) in [5.74, 6) is 1.16. The molecule has 2 amide bonds. The zero-order valence-corrected chi connectivity index (χ0v) is 20.0. The zero-order chi connectivity index (χ0) is 23.9. The van der Waals surface area contributed by atoms with Gasteiger partial charge in [0.25, 0.3) is 0 Å². The molecular formula is C24H26N6O3S. The highest BCUT2D eigenvalue weighted by Crippen LogP contribution is 2.56. The fourth-order valence-corrected chi connectivity index (χ4v) is 6.22. The number of methoxy groups -OCH3 is 1. The first-order chi connectivity index (χ1) is 16.4. The Balaban J connectivity index is 1.31. The van der Waals surface area contributed by atoms with Crippen molar-refractivity contribution in [2.75, 3.05) is 7.11 Å². The molecule has 3 aromatic rings. The number of hydrogen-bond donors (Lipinski definition) is 1. The van der Waals surface area contributed by atoms with Crippen molar-refractivity contribution in [2.45, 2.75) is 49.0 Å². The third-order valence-corrected chi connectivity index (χ3v) is 7.83. The summed E-state index contributed by atoms with van der Waals surface area (Å²) in [5, 5.41) is 15.2. The molecule has 2 aromatic carbocycles. The van der Waals surface area contributed by atoms with E-state index in [-0.39, 0.29) is 34.4 Å². The van der Waals surface area contributed by atoms with Gasteiger partial charge in [0.05, 0.1) is 20.1 Å². The fraction of sp³-hybridized carbons (Fsp3) is 0.375. The zero-order valence-electron chi connectivity index (χ0n) is 19.2. The van der Waals surface area contributed by atoms with Crippen LogP contribution in [0.15, 0.2) is 54.6 Å². The first-order valence-electron chi connectivity index (χ1n) is 11.1. The van der Waals surface area contributed by atoms with Crippen LogP contribution in [0.2, 0.25) is 0 Å². The number of nitrogens with zero attached hydrogens (tertiary/aromatic N) is 5. The molecule has 9 nitrogen and oxygen atoms in total. The first-order valence-corrected chi connectivity index (χ1v) is 12.0. The minimum atomic E-state index is -0.545. The highest BCUT2D eigenvalue weighted by Gasteiger charge is 2.63. The summed E-state index contributed by atoms with van der Waals surface area (Å²) in [4.78, 5) is 27.6. The maximum Gasteiger partial charge on any atom is 0.249 e. The molecule has 34 heavy (non-hydrogen) atoms. The molecule has 0 spiro atoms. The lowest BCUT2D eigenvalue weighted by Crippen LogP contribution is -2.68. The maximum absolute atomic E-state index is 13.2. The summed E-state index contributed by atoms with van der Waals surface area (Å²) in [6, 6.07) is 16.4. The van der Waals surface area contributed by atoms with Crippen LogP contribution in [0.5, 0.6) is 5.75 Å². The van der Waals surface area contributed by atoms with Crippen molar-refractivity contribution < 1.29 is 14.3 Å². The summed E-state index contributed by atoms with van der Waals surface area (Å²) in [5.41, 5.74) is 1.94. The van der Waals surface area contributed by atoms with Gasteiger partial charge in [-0.3, -0.25) is 9.59 Å². The molecule has 0 radical (unpaired) electrons. The monoisotopic (exact) mass is 478 g/mol. The van der Waals surface area contributed by atoms with Crippen LogP contribution in [-0.4, -0.2) is 60.2 Å². The van der Waals surface area contributed by atoms with Gasteiger partial charge in [0, 0.05) is 4.75 Å². The minimum Gasteiger partial charge on any atom is -0.497 e. The molecule has 2 unspecified atom stereocenters. The van der Waals surface area contributed by atoms with Gasteiger partial charge in [-0.25, -0.2) is 4.68 Å². The van der Waals surface area contributed by atoms with E-state index in [1.807, 2.05) is 59.5 Å². The highest BCUT2D eigenvalue weighted by atomic mass is 32.2. The highest BCUT2D eigenvalue weighted by molar-refractivity contribution is 8.01. The van der Waals surface area contributed by atoms with Gasteiger partial charge in [-0.2, -0.15) is 0 Å². The number of β-lactam (4-membered cyclic amide) rings is 1. The van der Waals surface area contributed by atoms with Gasteiger partial charge < -0.3 is 15.0 Å². The lowest BCUT2D eigenvalue weighted by molar-refractivity contribution is -0.151. The Bertz CT molecular complexity index is 1200. The summed E-state index contributed by atoms with van der Waals surface area (Å²) in [7, 11) is 1.63. The van der Waals surface area contributed by atoms with Crippen molar-refractivity contribution in [2.24, 2.45) is 0 Å². The Hall–Kier alpha value is -3.40. The lowest BCUT2D eigenvalue weighted by atomic mass is 9.95. The van der Waals surface area contributed by atoms with Crippen LogP contribution in [0.4, 0.5) is 0 Å². The van der Waals surface area contributed by atoms with E-state index in [1.54, 1.807) is 23.6 Å². The number of ether oxygens (including phenoxy) is 1. The van der Waals surface area contributed by atoms with Gasteiger partial charge in [-0.05, 0) is 47.5 Å². The number of thioether (sulfide) groups is 1. The van der Waals surface area contributed by atoms with Crippen LogP contribution in [0.3, 0.4) is 0 Å². The quantitative estimate of drug-likeness (QED) is 0.520. The van der Waals surface area contributed by atoms with Gasteiger partial charge in [0.15, 0.2) is 5.82 Å². The van der Waals surface area contributed by atoms with E-state index in [4.69, 9.17) is 4.74 Å². The second kappa shape index (κ2) is 8.75. The Kier molecular flexibility index (Phi) is 5.76. The van der Waals surface area contributed by atoms with Crippen LogP contribution >= 0.6 is 11.8 Å². The first kappa shape index (κ1) is 22.4. The normalized spacial score (nSPS) is 22.7. The smallest absolute Gasteiger partial charge is 0.249 e. The van der Waals surface area contributed by atoms with Gasteiger partial charge in [-0.1, -0.05) is 42.5 Å². The molecule has 0 aliphatic carbocycles. The number of tetrazole rings is 1. The topological polar surface area (TPSA) is 102 Å². The van der Waals surface area contributed by atoms with E-state index in [1.165, 1.54) is 0 Å². The number of aromatic nitrogens is 4. The van der Waals surface area contributed by atoms with Crippen molar-refractivity contribution in [3.05, 3.63) is 71.5 Å². The summed E-state index contributed by atoms with van der Waals surface area (Å²) in [6.07, 6.45) is 0.245. The fourth-order valence-electron chi connectivity index (χ4n) is 4.59. The number of benzene rings is 2. The molecule has 3 atom stereocenters. The van der Waals surface area contributed by atoms with E-state index >= 15 is 0 Å². The molecule has 0 saturated carbocycles.